The first-order valence-electron chi connectivity index (χ1n) is 33.7. The van der Waals surface area contributed by atoms with Crippen LogP contribution in [-0.4, -0.2) is 376 Å². The lowest BCUT2D eigenvalue weighted by molar-refractivity contribution is -0.396. The van der Waals surface area contributed by atoms with Crippen LogP contribution in [0.15, 0.2) is 48.8 Å². The fraction of sp³-hybridized carbons (Fsp3) is 0.705. The van der Waals surface area contributed by atoms with Crippen molar-refractivity contribution in [2.75, 3.05) is 71.5 Å². The normalized spacial score (nSPS) is 44.1. The summed E-state index contributed by atoms with van der Waals surface area (Å²) in [5, 5.41) is 236. The third-order valence-electron chi connectivity index (χ3n) is 19.0. The molecule has 35 unspecified atom stereocenters. The first-order chi connectivity index (χ1) is 50.9. The van der Waals surface area contributed by atoms with Crippen LogP contribution >= 0.6 is 0 Å². The molecule has 20 rings (SSSR count). The molecule has 0 aromatic heterocycles. The summed E-state index contributed by atoms with van der Waals surface area (Å²) >= 11 is 0. The van der Waals surface area contributed by atoms with Gasteiger partial charge >= 0.3 is 18.1 Å². The van der Waals surface area contributed by atoms with Gasteiger partial charge < -0.3 is 212 Å². The summed E-state index contributed by atoms with van der Waals surface area (Å²) in [6.45, 7) is -2.93. The van der Waals surface area contributed by atoms with Crippen molar-refractivity contribution < 1.29 is 183 Å². The van der Waals surface area contributed by atoms with Crippen molar-refractivity contribution in [3.63, 3.8) is 0 Å². The van der Waals surface area contributed by atoms with Crippen LogP contribution in [-0.2, 0) is 71.1 Å². The van der Waals surface area contributed by atoms with Crippen LogP contribution in [0.2, 0.25) is 0 Å². The maximum atomic E-state index is 14.2. The fourth-order valence-corrected chi connectivity index (χ4v) is 13.7. The van der Waals surface area contributed by atoms with Gasteiger partial charge in [-0.05, 0) is 42.8 Å². The van der Waals surface area contributed by atoms with Crippen LogP contribution in [0.4, 0.5) is 48.5 Å². The van der Waals surface area contributed by atoms with E-state index in [2.05, 4.69) is 43.8 Å². The molecule has 35 atom stereocenters. The average molecular weight is 1540 g/mol. The molecule has 7 amide bonds. The molecule has 15 saturated heterocycles. The predicted molar refractivity (Wildman–Crippen MR) is 345 cm³/mol. The number of nitrogens with one attached hydrogen (secondary N) is 7. The third-order valence-corrected chi connectivity index (χ3v) is 19.0. The van der Waals surface area contributed by atoms with Crippen molar-refractivity contribution >= 4 is 58.1 Å². The van der Waals surface area contributed by atoms with E-state index in [1.54, 1.807) is 0 Å². The number of hydrogen-bond acceptors (Lipinski definition) is 39. The third kappa shape index (κ3) is 18.1. The zero-order valence-electron chi connectivity index (χ0n) is 56.0. The number of aliphatic hydroxyl groups is 19. The number of benzene rings is 2. The first kappa shape index (κ1) is 81.7. The van der Waals surface area contributed by atoms with E-state index in [1.807, 2.05) is 0 Å². The molecule has 0 saturated carbocycles. The molecule has 18 heterocycles. The van der Waals surface area contributed by atoms with E-state index in [0.717, 1.165) is 0 Å². The Morgan fingerprint density at radius 2 is 0.636 bits per heavy atom. The Kier molecular flexibility index (Phi) is 26.7. The number of fused-ring (bicyclic) bond motifs is 5. The van der Waals surface area contributed by atoms with E-state index < -0.39 is 291 Å². The largest absolute Gasteiger partial charge is 0.394 e. The Morgan fingerprint density at radius 1 is 0.364 bits per heavy atom. The SMILES string of the molecule is C=C(N)Nc1cc2cc(c1)NC(=O)Nc1cc(NC(N)=O)cc(c1)NC(=O)CCC1OC3OC4C(CO)OC(OC5C(CO)OC(OC6C(CO)OC(OC7C(CNC(=O)N2)OC(OC2C(CO)OC(OC8C(CO)OC(OC1C(O)C3O)C(O)C8O)C(O)C2O)C(O)C7O)C(O)C6O)C(O)C5O)C(O)C4O. The van der Waals surface area contributed by atoms with Gasteiger partial charge in [0.2, 0.25) is 5.91 Å². The van der Waals surface area contributed by atoms with Crippen molar-refractivity contribution in [3.05, 3.63) is 48.8 Å². The van der Waals surface area contributed by atoms with Crippen molar-refractivity contribution in [2.24, 2.45) is 11.5 Å². The van der Waals surface area contributed by atoms with Crippen molar-refractivity contribution in [2.45, 2.75) is 228 Å². The Labute approximate surface area is 603 Å². The number of rotatable bonds is 8. The minimum atomic E-state index is -2.37. The zero-order chi connectivity index (χ0) is 77.3. The van der Waals surface area contributed by atoms with Gasteiger partial charge in [-0.15, -0.1) is 0 Å². The minimum Gasteiger partial charge on any atom is -0.394 e. The molecule has 20 bridgehead atoms. The highest BCUT2D eigenvalue weighted by Gasteiger charge is 2.60. The quantitative estimate of drug-likeness (QED) is 0.117. The minimum absolute atomic E-state index is 0.0842. The van der Waals surface area contributed by atoms with E-state index in [-0.39, 0.29) is 39.9 Å². The molecule has 18 aliphatic heterocycles. The van der Waals surface area contributed by atoms with Crippen molar-refractivity contribution in [1.82, 2.24) is 5.32 Å². The van der Waals surface area contributed by atoms with Gasteiger partial charge in [-0.25, -0.2) is 14.4 Å². The van der Waals surface area contributed by atoms with E-state index in [0.29, 0.717) is 0 Å². The van der Waals surface area contributed by atoms with E-state index in [4.69, 9.17) is 77.8 Å². The molecule has 46 heteroatoms. The lowest BCUT2D eigenvalue weighted by Crippen LogP contribution is -2.68. The van der Waals surface area contributed by atoms with Gasteiger partial charge in [-0.1, -0.05) is 6.58 Å². The molecule has 46 nitrogen and oxygen atoms in total. The molecule has 2 aromatic carbocycles. The molecule has 15 fully saturated rings. The second kappa shape index (κ2) is 35.0. The zero-order valence-corrected chi connectivity index (χ0v) is 56.0. The maximum Gasteiger partial charge on any atom is 0.323 e. The highest BCUT2D eigenvalue weighted by Crippen LogP contribution is 2.40. The molecule has 0 radical (unpaired) electrons. The van der Waals surface area contributed by atoms with Gasteiger partial charge in [-0.3, -0.25) is 4.79 Å². The number of aliphatic hydroxyl groups excluding tert-OH is 19. The lowest BCUT2D eigenvalue weighted by Gasteiger charge is -2.50. The number of nitrogens with two attached hydrogens (primary N) is 2. The number of urea groups is 3. The average Bonchev–Trinajstić information content (AvgIpc) is 0.797. The van der Waals surface area contributed by atoms with Gasteiger partial charge in [0, 0.05) is 47.1 Å². The van der Waals surface area contributed by atoms with Crippen molar-refractivity contribution in [1.29, 1.82) is 0 Å². The topological polar surface area (TPSA) is 718 Å². The van der Waals surface area contributed by atoms with Crippen LogP contribution in [0.1, 0.15) is 12.8 Å². The molecule has 600 valence electrons. The van der Waals surface area contributed by atoms with Gasteiger partial charge in [0.25, 0.3) is 0 Å². The summed E-state index contributed by atoms with van der Waals surface area (Å²) in [4.78, 5) is 54.4. The van der Waals surface area contributed by atoms with Crippen LogP contribution in [0.5, 0.6) is 0 Å². The van der Waals surface area contributed by atoms with E-state index in [1.165, 1.54) is 36.4 Å². The second-order valence-corrected chi connectivity index (χ2v) is 26.5. The number of ether oxygens (including phenoxy) is 14. The van der Waals surface area contributed by atoms with Crippen molar-refractivity contribution in [3.8, 4) is 0 Å². The molecular formula is C61H89N9O37. The highest BCUT2D eigenvalue weighted by atomic mass is 16.8. The standard InChI is InChI=1S/C61H89N9O37/c1-16(62)65-17-4-20-9-21(5-17)69-61(93)70-22-7-18(6-19(8-22)67-59(63)91)66-30(76)3-2-23-45-31(77)38(84)52(94-23)103-47-25(11-71)98-56(42(88)35(47)81)107-51-29(15-75)100-58(44(90)37(51)83)106-50-28(14-74)97-55(41(87)34(50)80)102-46-24(10-64-60(92)68-20)95-53(39(85)32(46)78)104-48-26(12-72)99-57(43(89)36(48)82)105-49-27(13-73)96-54(101-45)40(86)33(49)79/h4-9,23-29,31-58,65,71-75,77-90H,1-3,10-15,62H2,(H,66,76)(H3,63,67,91)(H2,64,68,92)(H2,69,70,93). The number of carbonyl (C=O) groups is 4. The van der Waals surface area contributed by atoms with Crippen LogP contribution in [0, 0.1) is 0 Å². The van der Waals surface area contributed by atoms with Gasteiger partial charge in [0.15, 0.2) is 44.0 Å². The van der Waals surface area contributed by atoms with Crippen LogP contribution in [0.25, 0.3) is 0 Å². The monoisotopic (exact) mass is 1540 g/mol. The molecular weight excluding hydrogens is 1450 g/mol. The summed E-state index contributed by atoms with van der Waals surface area (Å²) in [7, 11) is 0. The summed E-state index contributed by atoms with van der Waals surface area (Å²) < 4.78 is 83.0. The van der Waals surface area contributed by atoms with Gasteiger partial charge in [-0.2, -0.15) is 0 Å². The Hall–Kier alpha value is -6.26. The van der Waals surface area contributed by atoms with Crippen LogP contribution in [0.3, 0.4) is 0 Å². The maximum absolute atomic E-state index is 14.2. The Bertz CT molecular complexity index is 3350. The summed E-state index contributed by atoms with van der Waals surface area (Å²) in [5.41, 5.74) is 10.8. The smallest absolute Gasteiger partial charge is 0.323 e. The number of amides is 7. The first-order valence-corrected chi connectivity index (χ1v) is 33.7. The predicted octanol–water partition coefficient (Wildman–Crippen LogP) is -11.7. The summed E-state index contributed by atoms with van der Waals surface area (Å²) in [6, 6.07) is 4.22. The Balaban J connectivity index is 1.00. The number of hydrogen-bond donors (Lipinski definition) is 28. The second-order valence-electron chi connectivity index (χ2n) is 26.5. The lowest BCUT2D eigenvalue weighted by atomic mass is 9.93. The molecule has 0 spiro atoms. The number of primary amides is 1. The van der Waals surface area contributed by atoms with Gasteiger partial charge in [0.05, 0.1) is 45.0 Å². The summed E-state index contributed by atoms with van der Waals surface area (Å²) in [6.07, 6.45) is -76.2. The Morgan fingerprint density at radius 3 is 0.953 bits per heavy atom. The number of anilines is 6. The van der Waals surface area contributed by atoms with Crippen LogP contribution < -0.4 is 48.7 Å². The molecule has 30 N–H and O–H groups in total. The molecule has 0 aliphatic carbocycles. The molecule has 2 aromatic rings. The van der Waals surface area contributed by atoms with Gasteiger partial charge in [0.1, 0.15) is 165 Å². The molecule has 107 heavy (non-hydrogen) atoms. The number of carbonyl (C=O) groups excluding carboxylic acids is 4. The fourth-order valence-electron chi connectivity index (χ4n) is 13.7. The molecule has 18 aliphatic rings. The summed E-state index contributed by atoms with van der Waals surface area (Å²) in [5.74, 6) is -1.06. The highest BCUT2D eigenvalue weighted by molar-refractivity contribution is 6.03. The van der Waals surface area contributed by atoms with E-state index in [9.17, 15) is 116 Å². The van der Waals surface area contributed by atoms with E-state index >= 15 is 0 Å².